The summed E-state index contributed by atoms with van der Waals surface area (Å²) in [6, 6.07) is 81.3. The first kappa shape index (κ1) is 33.6. The van der Waals surface area contributed by atoms with E-state index in [-0.39, 0.29) is 0 Å². The van der Waals surface area contributed by atoms with Crippen LogP contribution in [-0.2, 0) is 0 Å². The Hall–Kier alpha value is -7.00. The predicted molar refractivity (Wildman–Crippen MR) is 241 cm³/mol. The van der Waals surface area contributed by atoms with Crippen molar-refractivity contribution in [2.24, 2.45) is 0 Å². The lowest BCUT2D eigenvalue weighted by Gasteiger charge is -2.27. The summed E-state index contributed by atoms with van der Waals surface area (Å²) in [6.07, 6.45) is 0. The van der Waals surface area contributed by atoms with Crippen LogP contribution < -0.4 is 4.90 Å². The van der Waals surface area contributed by atoms with Crippen molar-refractivity contribution in [3.05, 3.63) is 224 Å². The largest absolute Gasteiger partial charge is 0.310 e. The number of hydrogen-bond acceptors (Lipinski definition) is 2. The number of rotatable bonds is 8. The molecular formula is C54H37NS. The van der Waals surface area contributed by atoms with Gasteiger partial charge in [0.05, 0.1) is 0 Å². The molecule has 0 radical (unpaired) electrons. The molecule has 0 aliphatic carbocycles. The van der Waals surface area contributed by atoms with Gasteiger partial charge in [-0.1, -0.05) is 170 Å². The Bertz CT molecular complexity index is 2870. The third-order valence-electron chi connectivity index (χ3n) is 10.7. The van der Waals surface area contributed by atoms with Crippen LogP contribution >= 0.6 is 11.3 Å². The molecule has 0 aliphatic rings. The van der Waals surface area contributed by atoms with Gasteiger partial charge in [0.15, 0.2) is 0 Å². The number of nitrogens with zero attached hydrogens (tertiary/aromatic N) is 1. The summed E-state index contributed by atoms with van der Waals surface area (Å²) < 4.78 is 2.65. The van der Waals surface area contributed by atoms with Gasteiger partial charge in [-0.2, -0.15) is 0 Å². The molecule has 9 aromatic carbocycles. The second kappa shape index (κ2) is 14.7. The minimum atomic E-state index is 1.09. The number of anilines is 3. The number of benzene rings is 9. The van der Waals surface area contributed by atoms with Gasteiger partial charge in [-0.15, -0.1) is 11.3 Å². The summed E-state index contributed by atoms with van der Waals surface area (Å²) in [5.74, 6) is 0. The molecule has 0 saturated heterocycles. The lowest BCUT2D eigenvalue weighted by molar-refractivity contribution is 1.28. The van der Waals surface area contributed by atoms with Gasteiger partial charge in [-0.3, -0.25) is 0 Å². The van der Waals surface area contributed by atoms with Crippen LogP contribution in [0.25, 0.3) is 75.8 Å². The Morgan fingerprint density at radius 1 is 0.268 bits per heavy atom. The van der Waals surface area contributed by atoms with Crippen LogP contribution in [0, 0.1) is 0 Å². The normalized spacial score (nSPS) is 11.2. The molecule has 0 amide bonds. The van der Waals surface area contributed by atoms with Crippen molar-refractivity contribution in [1.82, 2.24) is 0 Å². The highest BCUT2D eigenvalue weighted by Crippen LogP contribution is 2.43. The monoisotopic (exact) mass is 731 g/mol. The molecule has 264 valence electrons. The summed E-state index contributed by atoms with van der Waals surface area (Å²) in [4.78, 5) is 2.40. The van der Waals surface area contributed by atoms with E-state index >= 15 is 0 Å². The van der Waals surface area contributed by atoms with Crippen LogP contribution in [0.5, 0.6) is 0 Å². The molecule has 0 aliphatic heterocycles. The summed E-state index contributed by atoms with van der Waals surface area (Å²) >= 11 is 1.87. The van der Waals surface area contributed by atoms with E-state index in [0.29, 0.717) is 0 Å². The SMILES string of the molecule is c1ccc(-c2cccc(-c3ccc(N(c4ccc(-c5cccc6c5sc5ccccc56)cc4)c4cc(-c5ccccc5)cc(-c5ccccc5)c4)cc3)c2)cc1. The van der Waals surface area contributed by atoms with E-state index in [1.165, 1.54) is 75.8 Å². The average Bonchev–Trinajstić information content (AvgIpc) is 3.67. The Balaban J connectivity index is 1.10. The zero-order valence-electron chi connectivity index (χ0n) is 30.7. The van der Waals surface area contributed by atoms with Crippen molar-refractivity contribution in [3.63, 3.8) is 0 Å². The Labute approximate surface area is 332 Å². The molecule has 56 heavy (non-hydrogen) atoms. The fraction of sp³-hybridized carbons (Fsp3) is 0. The van der Waals surface area contributed by atoms with Gasteiger partial charge in [0, 0.05) is 37.2 Å². The predicted octanol–water partition coefficient (Wildman–Crippen LogP) is 15.9. The van der Waals surface area contributed by atoms with Gasteiger partial charge in [0.25, 0.3) is 0 Å². The van der Waals surface area contributed by atoms with E-state index in [2.05, 4.69) is 229 Å². The minimum Gasteiger partial charge on any atom is -0.310 e. The first-order chi connectivity index (χ1) is 27.7. The van der Waals surface area contributed by atoms with E-state index in [1.807, 2.05) is 11.3 Å². The molecule has 0 N–H and O–H groups in total. The zero-order valence-corrected chi connectivity index (χ0v) is 31.5. The summed E-state index contributed by atoms with van der Waals surface area (Å²) in [5.41, 5.74) is 15.3. The highest BCUT2D eigenvalue weighted by atomic mass is 32.1. The van der Waals surface area contributed by atoms with Crippen molar-refractivity contribution in [3.8, 4) is 55.6 Å². The van der Waals surface area contributed by atoms with Crippen LogP contribution in [0.2, 0.25) is 0 Å². The molecule has 0 atom stereocenters. The van der Waals surface area contributed by atoms with Crippen LogP contribution in [0.15, 0.2) is 224 Å². The Kier molecular flexibility index (Phi) is 8.79. The number of fused-ring (bicyclic) bond motifs is 3. The maximum atomic E-state index is 2.40. The molecule has 0 fully saturated rings. The summed E-state index contributed by atoms with van der Waals surface area (Å²) in [7, 11) is 0. The summed E-state index contributed by atoms with van der Waals surface area (Å²) in [5, 5.41) is 2.63. The fourth-order valence-electron chi connectivity index (χ4n) is 7.86. The molecule has 1 heterocycles. The van der Waals surface area contributed by atoms with Gasteiger partial charge in [0.2, 0.25) is 0 Å². The molecule has 0 unspecified atom stereocenters. The van der Waals surface area contributed by atoms with Crippen LogP contribution in [0.1, 0.15) is 0 Å². The second-order valence-electron chi connectivity index (χ2n) is 14.2. The Morgan fingerprint density at radius 2 is 0.696 bits per heavy atom. The first-order valence-corrected chi connectivity index (χ1v) is 19.9. The van der Waals surface area contributed by atoms with E-state index in [1.54, 1.807) is 0 Å². The van der Waals surface area contributed by atoms with Crippen molar-refractivity contribution in [2.45, 2.75) is 0 Å². The van der Waals surface area contributed by atoms with E-state index in [4.69, 9.17) is 0 Å². The molecule has 10 rings (SSSR count). The quantitative estimate of drug-likeness (QED) is 0.150. The molecular weight excluding hydrogens is 695 g/mol. The third-order valence-corrected chi connectivity index (χ3v) is 11.9. The van der Waals surface area contributed by atoms with Crippen LogP contribution in [0.4, 0.5) is 17.1 Å². The molecule has 0 spiro atoms. The van der Waals surface area contributed by atoms with E-state index in [0.717, 1.165) is 17.1 Å². The zero-order chi connectivity index (χ0) is 37.3. The van der Waals surface area contributed by atoms with Crippen LogP contribution in [-0.4, -0.2) is 0 Å². The van der Waals surface area contributed by atoms with E-state index in [9.17, 15) is 0 Å². The number of hydrogen-bond donors (Lipinski definition) is 0. The Morgan fingerprint density at radius 3 is 1.29 bits per heavy atom. The van der Waals surface area contributed by atoms with Gasteiger partial charge in [0.1, 0.15) is 0 Å². The number of thiophene rings is 1. The van der Waals surface area contributed by atoms with E-state index < -0.39 is 0 Å². The third kappa shape index (κ3) is 6.47. The maximum Gasteiger partial charge on any atom is 0.0473 e. The highest BCUT2D eigenvalue weighted by molar-refractivity contribution is 7.26. The fourth-order valence-corrected chi connectivity index (χ4v) is 9.10. The lowest BCUT2D eigenvalue weighted by atomic mass is 9.96. The van der Waals surface area contributed by atoms with Crippen molar-refractivity contribution in [1.29, 1.82) is 0 Å². The molecule has 1 aromatic heterocycles. The minimum absolute atomic E-state index is 1.09. The van der Waals surface area contributed by atoms with Gasteiger partial charge in [-0.25, -0.2) is 0 Å². The van der Waals surface area contributed by atoms with Crippen molar-refractivity contribution < 1.29 is 0 Å². The van der Waals surface area contributed by atoms with Gasteiger partial charge >= 0.3 is 0 Å². The summed E-state index contributed by atoms with van der Waals surface area (Å²) in [6.45, 7) is 0. The van der Waals surface area contributed by atoms with Crippen LogP contribution in [0.3, 0.4) is 0 Å². The van der Waals surface area contributed by atoms with Crippen molar-refractivity contribution in [2.75, 3.05) is 4.90 Å². The van der Waals surface area contributed by atoms with Crippen molar-refractivity contribution >= 4 is 48.6 Å². The molecule has 10 aromatic rings. The molecule has 0 saturated carbocycles. The highest BCUT2D eigenvalue weighted by Gasteiger charge is 2.17. The molecule has 0 bridgehead atoms. The molecule has 1 nitrogen and oxygen atoms in total. The topological polar surface area (TPSA) is 3.24 Å². The lowest BCUT2D eigenvalue weighted by Crippen LogP contribution is -2.10. The smallest absolute Gasteiger partial charge is 0.0473 e. The molecule has 2 heteroatoms. The first-order valence-electron chi connectivity index (χ1n) is 19.1. The van der Waals surface area contributed by atoms with Gasteiger partial charge < -0.3 is 4.90 Å². The maximum absolute atomic E-state index is 2.40. The van der Waals surface area contributed by atoms with Gasteiger partial charge in [-0.05, 0) is 110 Å². The standard InChI is InChI=1S/C54H37NS/c1-4-14-38(15-5-1)43-20-12-21-44(34-43)41-26-30-47(31-27-41)55(49-36-45(39-16-6-2-7-17-39)35-46(37-49)40-18-8-3-9-19-40)48-32-28-42(29-33-48)50-23-13-24-52-51-22-10-11-25-53(51)56-54(50)52/h1-37H. The average molecular weight is 732 g/mol. The second-order valence-corrected chi connectivity index (χ2v) is 15.2.